The Bertz CT molecular complexity index is 263. The van der Waals surface area contributed by atoms with Gasteiger partial charge in [0.1, 0.15) is 0 Å². The van der Waals surface area contributed by atoms with Crippen LogP contribution in [0.2, 0.25) is 0 Å². The second-order valence-corrected chi connectivity index (χ2v) is 4.78. The van der Waals surface area contributed by atoms with E-state index in [1.54, 1.807) is 4.90 Å². The van der Waals surface area contributed by atoms with Crippen molar-refractivity contribution in [2.75, 3.05) is 14.1 Å². The van der Waals surface area contributed by atoms with E-state index in [-0.39, 0.29) is 5.91 Å². The summed E-state index contributed by atoms with van der Waals surface area (Å²) in [6, 6.07) is 0. The summed E-state index contributed by atoms with van der Waals surface area (Å²) in [7, 11) is 3.66. The Morgan fingerprint density at radius 3 is 2.43 bits per heavy atom. The molecule has 1 amide bonds. The standard InChI is InChI=1S/C12H21NO/c1-8(2)10-7-6-9(3)11(10)12(14)13(4)5/h8,10H,6-7H2,1-5H3/t10-/m1/s1. The molecule has 0 bridgehead atoms. The summed E-state index contributed by atoms with van der Waals surface area (Å²) in [6.45, 7) is 6.50. The fraction of sp³-hybridized carbons (Fsp3) is 0.750. The molecule has 0 spiro atoms. The molecule has 80 valence electrons. The molecule has 0 radical (unpaired) electrons. The average Bonchev–Trinajstić information content (AvgIpc) is 2.45. The van der Waals surface area contributed by atoms with Crippen LogP contribution in [0.3, 0.4) is 0 Å². The molecule has 14 heavy (non-hydrogen) atoms. The first-order valence-corrected chi connectivity index (χ1v) is 5.36. The maximum Gasteiger partial charge on any atom is 0.249 e. The lowest BCUT2D eigenvalue weighted by molar-refractivity contribution is -0.125. The van der Waals surface area contributed by atoms with Crippen molar-refractivity contribution in [3.8, 4) is 0 Å². The minimum Gasteiger partial charge on any atom is -0.345 e. The smallest absolute Gasteiger partial charge is 0.249 e. The summed E-state index contributed by atoms with van der Waals surface area (Å²) in [5, 5.41) is 0. The molecule has 0 unspecified atom stereocenters. The van der Waals surface area contributed by atoms with Crippen LogP contribution in [0, 0.1) is 11.8 Å². The van der Waals surface area contributed by atoms with E-state index in [9.17, 15) is 4.79 Å². The lowest BCUT2D eigenvalue weighted by Crippen LogP contribution is -2.27. The van der Waals surface area contributed by atoms with Crippen LogP contribution in [0.25, 0.3) is 0 Å². The molecule has 1 atom stereocenters. The second-order valence-electron chi connectivity index (χ2n) is 4.78. The van der Waals surface area contributed by atoms with Gasteiger partial charge in [-0.1, -0.05) is 19.4 Å². The van der Waals surface area contributed by atoms with Crippen molar-refractivity contribution in [3.05, 3.63) is 11.1 Å². The Morgan fingerprint density at radius 1 is 1.43 bits per heavy atom. The lowest BCUT2D eigenvalue weighted by Gasteiger charge is -2.21. The number of hydrogen-bond donors (Lipinski definition) is 0. The minimum atomic E-state index is 0.207. The first-order valence-electron chi connectivity index (χ1n) is 5.36. The Hall–Kier alpha value is -0.790. The number of carbonyl (C=O) groups is 1. The predicted octanol–water partition coefficient (Wildman–Crippen LogP) is 2.46. The van der Waals surface area contributed by atoms with E-state index < -0.39 is 0 Å². The Kier molecular flexibility index (Phi) is 3.35. The molecular formula is C12H21NO. The first kappa shape index (κ1) is 11.3. The molecule has 0 saturated heterocycles. The molecule has 0 heterocycles. The number of rotatable bonds is 2. The van der Waals surface area contributed by atoms with Gasteiger partial charge in [0.05, 0.1) is 0 Å². The highest BCUT2D eigenvalue weighted by Gasteiger charge is 2.31. The predicted molar refractivity (Wildman–Crippen MR) is 59.0 cm³/mol. The molecular weight excluding hydrogens is 174 g/mol. The van der Waals surface area contributed by atoms with Crippen LogP contribution in [0.4, 0.5) is 0 Å². The number of hydrogen-bond acceptors (Lipinski definition) is 1. The van der Waals surface area contributed by atoms with Gasteiger partial charge in [-0.05, 0) is 31.6 Å². The van der Waals surface area contributed by atoms with Crippen LogP contribution in [-0.4, -0.2) is 24.9 Å². The SMILES string of the molecule is CC1=C(C(=O)N(C)C)[C@@H](C(C)C)CC1. The fourth-order valence-corrected chi connectivity index (χ4v) is 2.22. The van der Waals surface area contributed by atoms with Crippen molar-refractivity contribution in [1.29, 1.82) is 0 Å². The summed E-state index contributed by atoms with van der Waals surface area (Å²) < 4.78 is 0. The third-order valence-corrected chi connectivity index (χ3v) is 3.10. The highest BCUT2D eigenvalue weighted by atomic mass is 16.2. The summed E-state index contributed by atoms with van der Waals surface area (Å²) in [4.78, 5) is 13.6. The van der Waals surface area contributed by atoms with Crippen molar-refractivity contribution in [1.82, 2.24) is 4.90 Å². The van der Waals surface area contributed by atoms with Crippen LogP contribution in [0.1, 0.15) is 33.6 Å². The third-order valence-electron chi connectivity index (χ3n) is 3.10. The molecule has 1 aliphatic rings. The molecule has 2 nitrogen and oxygen atoms in total. The molecule has 0 aromatic carbocycles. The lowest BCUT2D eigenvalue weighted by atomic mass is 9.88. The summed E-state index contributed by atoms with van der Waals surface area (Å²) in [6.07, 6.45) is 2.25. The molecule has 0 aromatic heterocycles. The minimum absolute atomic E-state index is 0.207. The van der Waals surface area contributed by atoms with E-state index >= 15 is 0 Å². The zero-order valence-electron chi connectivity index (χ0n) is 9.92. The number of carbonyl (C=O) groups excluding carboxylic acids is 1. The van der Waals surface area contributed by atoms with Gasteiger partial charge in [0.15, 0.2) is 0 Å². The van der Waals surface area contributed by atoms with Crippen molar-refractivity contribution >= 4 is 5.91 Å². The fourth-order valence-electron chi connectivity index (χ4n) is 2.22. The van der Waals surface area contributed by atoms with Crippen LogP contribution < -0.4 is 0 Å². The van der Waals surface area contributed by atoms with Gasteiger partial charge in [0.25, 0.3) is 0 Å². The molecule has 0 fully saturated rings. The molecule has 0 saturated carbocycles. The maximum absolute atomic E-state index is 11.9. The number of likely N-dealkylation sites (N-methyl/N-ethyl adjacent to an activating group) is 1. The second kappa shape index (κ2) is 4.16. The third kappa shape index (κ3) is 1.99. The van der Waals surface area contributed by atoms with Gasteiger partial charge >= 0.3 is 0 Å². The van der Waals surface area contributed by atoms with Gasteiger partial charge in [-0.15, -0.1) is 0 Å². The van der Waals surface area contributed by atoms with Gasteiger partial charge in [-0.3, -0.25) is 4.79 Å². The Balaban J connectivity index is 2.92. The van der Waals surface area contributed by atoms with Crippen LogP contribution in [-0.2, 0) is 4.79 Å². The molecule has 1 aliphatic carbocycles. The van der Waals surface area contributed by atoms with Gasteiger partial charge < -0.3 is 4.90 Å². The van der Waals surface area contributed by atoms with Gasteiger partial charge in [0.2, 0.25) is 5.91 Å². The van der Waals surface area contributed by atoms with Crippen molar-refractivity contribution in [3.63, 3.8) is 0 Å². The summed E-state index contributed by atoms with van der Waals surface area (Å²) in [5.74, 6) is 1.26. The zero-order chi connectivity index (χ0) is 10.9. The van der Waals surface area contributed by atoms with E-state index in [2.05, 4.69) is 20.8 Å². The normalized spacial score (nSPS) is 22.0. The van der Waals surface area contributed by atoms with E-state index in [4.69, 9.17) is 0 Å². The van der Waals surface area contributed by atoms with Crippen LogP contribution >= 0.6 is 0 Å². The molecule has 0 aliphatic heterocycles. The topological polar surface area (TPSA) is 20.3 Å². The van der Waals surface area contributed by atoms with Gasteiger partial charge in [-0.2, -0.15) is 0 Å². The summed E-state index contributed by atoms with van der Waals surface area (Å²) in [5.41, 5.74) is 2.37. The van der Waals surface area contributed by atoms with E-state index in [0.717, 1.165) is 18.4 Å². The van der Waals surface area contributed by atoms with E-state index in [0.29, 0.717) is 11.8 Å². The molecule has 0 N–H and O–H groups in total. The van der Waals surface area contributed by atoms with Gasteiger partial charge in [0, 0.05) is 19.7 Å². The molecule has 0 aromatic rings. The first-order chi connectivity index (χ1) is 6.45. The van der Waals surface area contributed by atoms with Crippen LogP contribution in [0.15, 0.2) is 11.1 Å². The number of amides is 1. The quantitative estimate of drug-likeness (QED) is 0.663. The number of nitrogens with zero attached hydrogens (tertiary/aromatic N) is 1. The van der Waals surface area contributed by atoms with E-state index in [1.165, 1.54) is 5.57 Å². The monoisotopic (exact) mass is 195 g/mol. The van der Waals surface area contributed by atoms with Crippen molar-refractivity contribution in [2.24, 2.45) is 11.8 Å². The maximum atomic E-state index is 11.9. The summed E-state index contributed by atoms with van der Waals surface area (Å²) >= 11 is 0. The largest absolute Gasteiger partial charge is 0.345 e. The number of allylic oxidation sites excluding steroid dienone is 1. The Morgan fingerprint density at radius 2 is 2.00 bits per heavy atom. The van der Waals surface area contributed by atoms with E-state index in [1.807, 2.05) is 14.1 Å². The molecule has 2 heteroatoms. The Labute approximate surface area is 87.0 Å². The average molecular weight is 195 g/mol. The highest BCUT2D eigenvalue weighted by Crippen LogP contribution is 2.37. The highest BCUT2D eigenvalue weighted by molar-refractivity contribution is 5.94. The van der Waals surface area contributed by atoms with Crippen molar-refractivity contribution < 1.29 is 4.79 Å². The molecule has 1 rings (SSSR count). The van der Waals surface area contributed by atoms with Crippen molar-refractivity contribution in [2.45, 2.75) is 33.6 Å². The zero-order valence-corrected chi connectivity index (χ0v) is 9.92. The van der Waals surface area contributed by atoms with Crippen LogP contribution in [0.5, 0.6) is 0 Å². The van der Waals surface area contributed by atoms with Gasteiger partial charge in [-0.25, -0.2) is 0 Å².